The zero-order valence-corrected chi connectivity index (χ0v) is 13.5. The molecular weight excluding hydrogens is 294 g/mol. The summed E-state index contributed by atoms with van der Waals surface area (Å²) in [5, 5.41) is 17.3. The number of nitrogens with one attached hydrogen (secondary N) is 3. The van der Waals surface area contributed by atoms with Crippen LogP contribution in [0.25, 0.3) is 0 Å². The van der Waals surface area contributed by atoms with Crippen molar-refractivity contribution in [3.63, 3.8) is 0 Å². The van der Waals surface area contributed by atoms with E-state index in [1.807, 2.05) is 31.2 Å². The molecule has 0 aliphatic heterocycles. The van der Waals surface area contributed by atoms with Crippen LogP contribution in [0, 0.1) is 11.8 Å². The van der Waals surface area contributed by atoms with Gasteiger partial charge < -0.3 is 21.1 Å². The van der Waals surface area contributed by atoms with Crippen LogP contribution in [0.15, 0.2) is 24.3 Å². The molecule has 1 unspecified atom stereocenters. The lowest BCUT2D eigenvalue weighted by molar-refractivity contribution is -0.122. The van der Waals surface area contributed by atoms with Crippen LogP contribution in [-0.2, 0) is 11.3 Å². The molecule has 1 aromatic rings. The highest BCUT2D eigenvalue weighted by Gasteiger charge is 2.25. The third-order valence-electron chi connectivity index (χ3n) is 4.05. The Morgan fingerprint density at radius 3 is 2.74 bits per heavy atom. The van der Waals surface area contributed by atoms with Gasteiger partial charge in [-0.2, -0.15) is 0 Å². The molecule has 0 heterocycles. The maximum Gasteiger partial charge on any atom is 0.315 e. The maximum absolute atomic E-state index is 11.9. The first-order valence-electron chi connectivity index (χ1n) is 8.11. The van der Waals surface area contributed by atoms with Crippen LogP contribution in [0.4, 0.5) is 10.5 Å². The quantitative estimate of drug-likeness (QED) is 0.618. The summed E-state index contributed by atoms with van der Waals surface area (Å²) >= 11 is 0. The lowest BCUT2D eigenvalue weighted by Gasteiger charge is -2.24. The fourth-order valence-electron chi connectivity index (χ4n) is 2.25. The molecule has 2 rings (SSSR count). The molecule has 3 amide bonds. The van der Waals surface area contributed by atoms with Crippen molar-refractivity contribution in [1.29, 1.82) is 0 Å². The summed E-state index contributed by atoms with van der Waals surface area (Å²) in [6, 6.07) is 7.21. The Morgan fingerprint density at radius 2 is 2.09 bits per heavy atom. The Hall–Kier alpha value is -2.08. The van der Waals surface area contributed by atoms with E-state index in [2.05, 4.69) is 16.0 Å². The molecule has 23 heavy (non-hydrogen) atoms. The van der Waals surface area contributed by atoms with Crippen molar-refractivity contribution in [2.24, 2.45) is 11.8 Å². The highest BCUT2D eigenvalue weighted by atomic mass is 16.3. The minimum Gasteiger partial charge on any atom is -0.396 e. The second-order valence-corrected chi connectivity index (χ2v) is 6.17. The average Bonchev–Trinajstić information content (AvgIpc) is 2.49. The van der Waals surface area contributed by atoms with Gasteiger partial charge in [0.2, 0.25) is 5.91 Å². The molecule has 0 saturated heterocycles. The number of hydrogen-bond acceptors (Lipinski definition) is 3. The van der Waals surface area contributed by atoms with Gasteiger partial charge in [-0.25, -0.2) is 4.79 Å². The first-order valence-corrected chi connectivity index (χ1v) is 8.11. The number of benzene rings is 1. The third-order valence-corrected chi connectivity index (χ3v) is 4.05. The number of aliphatic hydroxyl groups is 1. The van der Waals surface area contributed by atoms with Gasteiger partial charge >= 0.3 is 6.03 Å². The molecule has 1 atom stereocenters. The second-order valence-electron chi connectivity index (χ2n) is 6.17. The van der Waals surface area contributed by atoms with Crippen molar-refractivity contribution in [2.75, 3.05) is 18.5 Å². The van der Waals surface area contributed by atoms with Crippen LogP contribution < -0.4 is 16.0 Å². The summed E-state index contributed by atoms with van der Waals surface area (Å²) in [4.78, 5) is 23.6. The molecule has 4 N–H and O–H groups in total. The number of amides is 3. The Bertz CT molecular complexity index is 544. The molecule has 1 fully saturated rings. The number of carbonyl (C=O) groups is 2. The number of rotatable bonds is 7. The Kier molecular flexibility index (Phi) is 6.40. The van der Waals surface area contributed by atoms with Crippen molar-refractivity contribution in [3.8, 4) is 0 Å². The lowest BCUT2D eigenvalue weighted by atomic mass is 9.85. The standard InChI is InChI=1S/C17H25N3O3/c1-12(11-21)9-18-17(23)19-10-13-4-2-7-15(8-13)20-16(22)14-5-3-6-14/h2,4,7-8,12,14,21H,3,5-6,9-11H2,1H3,(H,20,22)(H2,18,19,23). The van der Waals surface area contributed by atoms with Gasteiger partial charge in [-0.15, -0.1) is 0 Å². The highest BCUT2D eigenvalue weighted by Crippen LogP contribution is 2.27. The fraction of sp³-hybridized carbons (Fsp3) is 0.529. The molecule has 1 aliphatic rings. The van der Waals surface area contributed by atoms with Gasteiger partial charge in [-0.3, -0.25) is 4.79 Å². The summed E-state index contributed by atoms with van der Waals surface area (Å²) in [5.74, 6) is 0.263. The van der Waals surface area contributed by atoms with Gasteiger partial charge in [0.1, 0.15) is 0 Å². The van der Waals surface area contributed by atoms with E-state index in [-0.39, 0.29) is 30.4 Å². The van der Waals surface area contributed by atoms with Gasteiger partial charge in [-0.1, -0.05) is 25.5 Å². The van der Waals surface area contributed by atoms with Crippen LogP contribution in [-0.4, -0.2) is 30.2 Å². The number of urea groups is 1. The van der Waals surface area contributed by atoms with E-state index in [9.17, 15) is 9.59 Å². The Morgan fingerprint density at radius 1 is 1.30 bits per heavy atom. The molecule has 126 valence electrons. The van der Waals surface area contributed by atoms with Crippen LogP contribution >= 0.6 is 0 Å². The summed E-state index contributed by atoms with van der Waals surface area (Å²) in [6.45, 7) is 2.71. The van der Waals surface area contributed by atoms with Gasteiger partial charge in [0.05, 0.1) is 0 Å². The monoisotopic (exact) mass is 319 g/mol. The van der Waals surface area contributed by atoms with E-state index in [1.165, 1.54) is 0 Å². The van der Waals surface area contributed by atoms with Crippen molar-refractivity contribution in [1.82, 2.24) is 10.6 Å². The van der Waals surface area contributed by atoms with Crippen molar-refractivity contribution in [2.45, 2.75) is 32.7 Å². The van der Waals surface area contributed by atoms with Gasteiger partial charge in [0, 0.05) is 31.3 Å². The largest absolute Gasteiger partial charge is 0.396 e. The van der Waals surface area contributed by atoms with Crippen molar-refractivity contribution >= 4 is 17.6 Å². The Labute approximate surface area is 136 Å². The first kappa shape index (κ1) is 17.3. The summed E-state index contributed by atoms with van der Waals surface area (Å²) < 4.78 is 0. The van der Waals surface area contributed by atoms with E-state index in [1.54, 1.807) is 0 Å². The summed E-state index contributed by atoms with van der Waals surface area (Å²) in [7, 11) is 0. The minimum atomic E-state index is -0.269. The molecular formula is C17H25N3O3. The average molecular weight is 319 g/mol. The SMILES string of the molecule is CC(CO)CNC(=O)NCc1cccc(NC(=O)C2CCC2)c1. The number of carbonyl (C=O) groups excluding carboxylic acids is 2. The van der Waals surface area contributed by atoms with E-state index in [0.717, 1.165) is 30.5 Å². The zero-order chi connectivity index (χ0) is 16.7. The molecule has 0 bridgehead atoms. The van der Waals surface area contributed by atoms with Crippen LogP contribution in [0.1, 0.15) is 31.7 Å². The third kappa shape index (κ3) is 5.56. The topological polar surface area (TPSA) is 90.5 Å². The smallest absolute Gasteiger partial charge is 0.315 e. The number of aliphatic hydroxyl groups excluding tert-OH is 1. The molecule has 6 heteroatoms. The number of hydrogen-bond donors (Lipinski definition) is 4. The zero-order valence-electron chi connectivity index (χ0n) is 13.5. The Balaban J connectivity index is 1.78. The molecule has 0 aromatic heterocycles. The second kappa shape index (κ2) is 8.53. The molecule has 1 aliphatic carbocycles. The predicted molar refractivity (Wildman–Crippen MR) is 88.9 cm³/mol. The summed E-state index contributed by atoms with van der Waals surface area (Å²) in [6.07, 6.45) is 3.07. The molecule has 6 nitrogen and oxygen atoms in total. The summed E-state index contributed by atoms with van der Waals surface area (Å²) in [5.41, 5.74) is 1.68. The van der Waals surface area contributed by atoms with Crippen molar-refractivity contribution in [3.05, 3.63) is 29.8 Å². The van der Waals surface area contributed by atoms with Gasteiger partial charge in [0.25, 0.3) is 0 Å². The number of anilines is 1. The van der Waals surface area contributed by atoms with Gasteiger partial charge in [-0.05, 0) is 36.5 Å². The molecule has 0 spiro atoms. The van der Waals surface area contributed by atoms with Crippen LogP contribution in [0.3, 0.4) is 0 Å². The van der Waals surface area contributed by atoms with E-state index >= 15 is 0 Å². The normalized spacial score (nSPS) is 15.4. The van der Waals surface area contributed by atoms with Crippen LogP contribution in [0.2, 0.25) is 0 Å². The molecule has 0 radical (unpaired) electrons. The van der Waals surface area contributed by atoms with Crippen LogP contribution in [0.5, 0.6) is 0 Å². The van der Waals surface area contributed by atoms with E-state index in [0.29, 0.717) is 13.1 Å². The maximum atomic E-state index is 11.9. The first-order chi connectivity index (χ1) is 11.1. The van der Waals surface area contributed by atoms with Gasteiger partial charge in [0.15, 0.2) is 0 Å². The molecule has 1 aromatic carbocycles. The lowest BCUT2D eigenvalue weighted by Crippen LogP contribution is -2.38. The predicted octanol–water partition coefficient (Wildman–Crippen LogP) is 1.85. The molecule has 1 saturated carbocycles. The van der Waals surface area contributed by atoms with Crippen molar-refractivity contribution < 1.29 is 14.7 Å². The minimum absolute atomic E-state index is 0.0331. The van der Waals surface area contributed by atoms with E-state index in [4.69, 9.17) is 5.11 Å². The highest BCUT2D eigenvalue weighted by molar-refractivity contribution is 5.93. The fourth-order valence-corrected chi connectivity index (χ4v) is 2.25. The van der Waals surface area contributed by atoms with E-state index < -0.39 is 0 Å².